The Kier molecular flexibility index (Phi) is 5.28. The van der Waals surface area contributed by atoms with Crippen molar-refractivity contribution in [3.63, 3.8) is 0 Å². The second-order valence-electron chi connectivity index (χ2n) is 5.04. The van der Waals surface area contributed by atoms with Gasteiger partial charge in [-0.3, -0.25) is 4.79 Å². The third-order valence-electron chi connectivity index (χ3n) is 2.29. The fourth-order valence-electron chi connectivity index (χ4n) is 1.10. The summed E-state index contributed by atoms with van der Waals surface area (Å²) in [7, 11) is 0. The molecule has 0 aliphatic rings. The SMILES string of the molecule is Cc1cccc(NC(=S)SCC(=O)C(C)(C)C)n1. The summed E-state index contributed by atoms with van der Waals surface area (Å²) in [6.45, 7) is 7.65. The van der Waals surface area contributed by atoms with E-state index in [9.17, 15) is 4.79 Å². The Morgan fingerprint density at radius 1 is 1.44 bits per heavy atom. The number of carbonyl (C=O) groups excluding carboxylic acids is 1. The van der Waals surface area contributed by atoms with Gasteiger partial charge in [-0.25, -0.2) is 4.98 Å². The van der Waals surface area contributed by atoms with Gasteiger partial charge in [-0.15, -0.1) is 0 Å². The van der Waals surface area contributed by atoms with E-state index in [1.165, 1.54) is 11.8 Å². The van der Waals surface area contributed by atoms with Crippen LogP contribution in [0.25, 0.3) is 0 Å². The van der Waals surface area contributed by atoms with Crippen molar-refractivity contribution >= 4 is 39.9 Å². The minimum atomic E-state index is -0.315. The van der Waals surface area contributed by atoms with Gasteiger partial charge in [0.15, 0.2) is 0 Å². The molecule has 5 heteroatoms. The Morgan fingerprint density at radius 3 is 2.67 bits per heavy atom. The quantitative estimate of drug-likeness (QED) is 0.860. The summed E-state index contributed by atoms with van der Waals surface area (Å²) < 4.78 is 0.575. The summed E-state index contributed by atoms with van der Waals surface area (Å²) in [5.74, 6) is 1.30. The molecule has 0 atom stereocenters. The molecule has 1 heterocycles. The average Bonchev–Trinajstić information content (AvgIpc) is 2.24. The van der Waals surface area contributed by atoms with E-state index < -0.39 is 0 Å². The first kappa shape index (κ1) is 15.1. The number of pyridine rings is 1. The molecule has 1 aromatic heterocycles. The molecule has 1 rings (SSSR count). The fraction of sp³-hybridized carbons (Fsp3) is 0.462. The van der Waals surface area contributed by atoms with Crippen LogP contribution >= 0.6 is 24.0 Å². The van der Waals surface area contributed by atoms with Gasteiger partial charge in [0.25, 0.3) is 0 Å². The molecule has 0 aliphatic carbocycles. The lowest BCUT2D eigenvalue weighted by atomic mass is 9.92. The molecule has 3 nitrogen and oxygen atoms in total. The first-order chi connectivity index (χ1) is 8.29. The molecule has 0 bridgehead atoms. The van der Waals surface area contributed by atoms with Crippen LogP contribution in [0.3, 0.4) is 0 Å². The van der Waals surface area contributed by atoms with Gasteiger partial charge in [0, 0.05) is 11.1 Å². The summed E-state index contributed by atoms with van der Waals surface area (Å²) in [4.78, 5) is 16.0. The van der Waals surface area contributed by atoms with Crippen molar-refractivity contribution < 1.29 is 4.79 Å². The number of rotatable bonds is 3. The molecule has 0 aromatic carbocycles. The highest BCUT2D eigenvalue weighted by Gasteiger charge is 2.21. The van der Waals surface area contributed by atoms with Gasteiger partial charge in [0.2, 0.25) is 0 Å². The van der Waals surface area contributed by atoms with E-state index in [0.717, 1.165) is 11.5 Å². The predicted octanol–water partition coefficient (Wildman–Crippen LogP) is 3.44. The highest BCUT2D eigenvalue weighted by molar-refractivity contribution is 8.23. The van der Waals surface area contributed by atoms with E-state index in [0.29, 0.717) is 10.1 Å². The van der Waals surface area contributed by atoms with E-state index in [2.05, 4.69) is 10.3 Å². The third-order valence-corrected chi connectivity index (χ3v) is 3.52. The number of carbonyl (C=O) groups is 1. The maximum Gasteiger partial charge on any atom is 0.148 e. The maximum absolute atomic E-state index is 11.8. The standard InChI is InChI=1S/C13H18N2OS2/c1-9-6-5-7-11(14-9)15-12(17)18-8-10(16)13(2,3)4/h5-7H,8H2,1-4H3,(H,14,15,17). The number of aryl methyl sites for hydroxylation is 1. The Labute approximate surface area is 118 Å². The van der Waals surface area contributed by atoms with Gasteiger partial charge in [-0.05, 0) is 19.1 Å². The molecule has 0 saturated heterocycles. The van der Waals surface area contributed by atoms with Crippen molar-refractivity contribution in [2.24, 2.45) is 5.41 Å². The molecule has 1 N–H and O–H groups in total. The number of hydrogen-bond donors (Lipinski definition) is 1. The van der Waals surface area contributed by atoms with Gasteiger partial charge in [0.1, 0.15) is 15.9 Å². The number of aromatic nitrogens is 1. The van der Waals surface area contributed by atoms with Crippen molar-refractivity contribution in [1.82, 2.24) is 4.98 Å². The van der Waals surface area contributed by atoms with Crippen LogP contribution in [-0.4, -0.2) is 20.8 Å². The molecule has 1 aromatic rings. The lowest BCUT2D eigenvalue weighted by Crippen LogP contribution is -2.23. The van der Waals surface area contributed by atoms with E-state index in [-0.39, 0.29) is 11.2 Å². The van der Waals surface area contributed by atoms with Gasteiger partial charge < -0.3 is 5.32 Å². The number of hydrogen-bond acceptors (Lipinski definition) is 4. The first-order valence-electron chi connectivity index (χ1n) is 5.70. The van der Waals surface area contributed by atoms with Crippen molar-refractivity contribution in [2.75, 3.05) is 11.1 Å². The van der Waals surface area contributed by atoms with Crippen LogP contribution < -0.4 is 5.32 Å². The maximum atomic E-state index is 11.8. The molecule has 0 unspecified atom stereocenters. The Balaban J connectivity index is 2.46. The van der Waals surface area contributed by atoms with Gasteiger partial charge in [0.05, 0.1) is 5.75 Å². The number of nitrogens with one attached hydrogen (secondary N) is 1. The zero-order valence-corrected chi connectivity index (χ0v) is 12.7. The third kappa shape index (κ3) is 5.14. The number of thiocarbonyl (C=S) groups is 1. The molecule has 0 spiro atoms. The summed E-state index contributed by atoms with van der Waals surface area (Å²) in [5, 5.41) is 3.02. The van der Waals surface area contributed by atoms with Gasteiger partial charge in [-0.1, -0.05) is 50.8 Å². The Hall–Kier alpha value is -0.940. The fourth-order valence-corrected chi connectivity index (χ4v) is 2.25. The second kappa shape index (κ2) is 6.29. The first-order valence-corrected chi connectivity index (χ1v) is 7.09. The monoisotopic (exact) mass is 282 g/mol. The van der Waals surface area contributed by atoms with Crippen LogP contribution in [0.15, 0.2) is 18.2 Å². The second-order valence-corrected chi connectivity index (χ2v) is 6.69. The molecular formula is C13H18N2OS2. The Morgan fingerprint density at radius 2 is 2.11 bits per heavy atom. The van der Waals surface area contributed by atoms with Crippen molar-refractivity contribution in [3.8, 4) is 0 Å². The molecule has 0 fully saturated rings. The molecule has 18 heavy (non-hydrogen) atoms. The summed E-state index contributed by atoms with van der Waals surface area (Å²) in [5.41, 5.74) is 0.614. The number of nitrogens with zero attached hydrogens (tertiary/aromatic N) is 1. The van der Waals surface area contributed by atoms with Crippen LogP contribution in [0, 0.1) is 12.3 Å². The summed E-state index contributed by atoms with van der Waals surface area (Å²) >= 11 is 6.52. The molecule has 0 saturated carbocycles. The molecule has 98 valence electrons. The van der Waals surface area contributed by atoms with Gasteiger partial charge >= 0.3 is 0 Å². The van der Waals surface area contributed by atoms with E-state index in [1.54, 1.807) is 0 Å². The van der Waals surface area contributed by atoms with Crippen molar-refractivity contribution in [3.05, 3.63) is 23.9 Å². The van der Waals surface area contributed by atoms with Crippen LogP contribution in [0.2, 0.25) is 0 Å². The van der Waals surface area contributed by atoms with Crippen LogP contribution in [0.1, 0.15) is 26.5 Å². The Bertz CT molecular complexity index is 453. The topological polar surface area (TPSA) is 42.0 Å². The number of Topliss-reactive ketones (excluding diaryl/α,β-unsaturated/α-hetero) is 1. The average molecular weight is 282 g/mol. The van der Waals surface area contributed by atoms with E-state index in [4.69, 9.17) is 12.2 Å². The largest absolute Gasteiger partial charge is 0.326 e. The van der Waals surface area contributed by atoms with Crippen LogP contribution in [0.5, 0.6) is 0 Å². The number of anilines is 1. The lowest BCUT2D eigenvalue weighted by molar-refractivity contribution is -0.123. The number of ketones is 1. The lowest BCUT2D eigenvalue weighted by Gasteiger charge is -2.16. The molecule has 0 aliphatic heterocycles. The zero-order chi connectivity index (χ0) is 13.8. The predicted molar refractivity (Wildman–Crippen MR) is 82.1 cm³/mol. The normalized spacial score (nSPS) is 11.1. The van der Waals surface area contributed by atoms with E-state index >= 15 is 0 Å². The zero-order valence-electron chi connectivity index (χ0n) is 11.1. The summed E-state index contributed by atoms with van der Waals surface area (Å²) in [6, 6.07) is 5.69. The van der Waals surface area contributed by atoms with Crippen LogP contribution in [0.4, 0.5) is 5.82 Å². The van der Waals surface area contributed by atoms with Gasteiger partial charge in [-0.2, -0.15) is 0 Å². The molecule has 0 amide bonds. The van der Waals surface area contributed by atoms with Crippen LogP contribution in [-0.2, 0) is 4.79 Å². The highest BCUT2D eigenvalue weighted by Crippen LogP contribution is 2.19. The molecule has 0 radical (unpaired) electrons. The highest BCUT2D eigenvalue weighted by atomic mass is 32.2. The summed E-state index contributed by atoms with van der Waals surface area (Å²) in [6.07, 6.45) is 0. The molecular weight excluding hydrogens is 264 g/mol. The minimum Gasteiger partial charge on any atom is -0.326 e. The number of thioether (sulfide) groups is 1. The van der Waals surface area contributed by atoms with Crippen molar-refractivity contribution in [1.29, 1.82) is 0 Å². The smallest absolute Gasteiger partial charge is 0.148 e. The minimum absolute atomic E-state index is 0.189. The van der Waals surface area contributed by atoms with Crippen molar-refractivity contribution in [2.45, 2.75) is 27.7 Å². The van der Waals surface area contributed by atoms with E-state index in [1.807, 2.05) is 45.9 Å².